The molecule has 21 heavy (non-hydrogen) atoms. The molecule has 4 heteroatoms. The largest absolute Gasteiger partial charge is 0.454 e. The van der Waals surface area contributed by atoms with E-state index in [0.717, 1.165) is 15.5 Å². The molecule has 0 aliphatic rings. The third kappa shape index (κ3) is 3.78. The molecular weight excluding hydrogens is 302 g/mol. The molecule has 104 valence electrons. The Bertz CT molecular complexity index is 719. The van der Waals surface area contributed by atoms with Crippen molar-refractivity contribution in [3.63, 3.8) is 0 Å². The Balaban J connectivity index is 1.83. The van der Waals surface area contributed by atoms with Gasteiger partial charge >= 0.3 is 0 Å². The van der Waals surface area contributed by atoms with Crippen LogP contribution in [0.5, 0.6) is 11.5 Å². The number of benzene rings is 2. The number of ether oxygens (including phenoxy) is 1. The standard InChI is InChI=1S/C17H12ClNOS/c18-17-16(20-13-7-3-1-4-8-13)11-15(12-19-17)21-14-9-5-2-6-10-14/h1-12H. The third-order valence-electron chi connectivity index (χ3n) is 2.73. The topological polar surface area (TPSA) is 22.1 Å². The molecule has 0 saturated carbocycles. The zero-order valence-electron chi connectivity index (χ0n) is 11.1. The smallest absolute Gasteiger partial charge is 0.171 e. The van der Waals surface area contributed by atoms with E-state index in [1.165, 1.54) is 0 Å². The molecule has 0 aliphatic carbocycles. The molecule has 0 atom stereocenters. The Labute approximate surface area is 132 Å². The van der Waals surface area contributed by atoms with Crippen LogP contribution in [0.4, 0.5) is 0 Å². The van der Waals surface area contributed by atoms with Crippen molar-refractivity contribution in [1.29, 1.82) is 0 Å². The van der Waals surface area contributed by atoms with Gasteiger partial charge in [0.1, 0.15) is 5.75 Å². The molecule has 0 radical (unpaired) electrons. The van der Waals surface area contributed by atoms with Crippen LogP contribution in [0.15, 0.2) is 82.7 Å². The fourth-order valence-electron chi connectivity index (χ4n) is 1.78. The third-order valence-corrected chi connectivity index (χ3v) is 3.98. The lowest BCUT2D eigenvalue weighted by molar-refractivity contribution is 0.479. The molecule has 2 nitrogen and oxygen atoms in total. The lowest BCUT2D eigenvalue weighted by Crippen LogP contribution is -1.88. The van der Waals surface area contributed by atoms with Gasteiger partial charge in [0.05, 0.1) is 0 Å². The van der Waals surface area contributed by atoms with Crippen molar-refractivity contribution in [2.24, 2.45) is 0 Å². The molecule has 0 fully saturated rings. The molecule has 0 unspecified atom stereocenters. The summed E-state index contributed by atoms with van der Waals surface area (Å²) in [6.45, 7) is 0. The summed E-state index contributed by atoms with van der Waals surface area (Å²) in [5.41, 5.74) is 0. The first-order chi connectivity index (χ1) is 10.3. The van der Waals surface area contributed by atoms with Gasteiger partial charge in [-0.1, -0.05) is 59.8 Å². The monoisotopic (exact) mass is 313 g/mol. The van der Waals surface area contributed by atoms with E-state index in [1.807, 2.05) is 54.6 Å². The first-order valence-electron chi connectivity index (χ1n) is 6.42. The average Bonchev–Trinajstić information content (AvgIpc) is 2.53. The minimum Gasteiger partial charge on any atom is -0.454 e. The van der Waals surface area contributed by atoms with Crippen LogP contribution in [0, 0.1) is 0 Å². The van der Waals surface area contributed by atoms with Crippen LogP contribution in [0.3, 0.4) is 0 Å². The molecule has 3 rings (SSSR count). The van der Waals surface area contributed by atoms with Gasteiger partial charge in [0.15, 0.2) is 10.9 Å². The van der Waals surface area contributed by atoms with Gasteiger partial charge in [0, 0.05) is 16.0 Å². The van der Waals surface area contributed by atoms with E-state index >= 15 is 0 Å². The molecular formula is C17H12ClNOS. The number of aromatic nitrogens is 1. The van der Waals surface area contributed by atoms with E-state index in [1.54, 1.807) is 18.0 Å². The quantitative estimate of drug-likeness (QED) is 0.579. The first-order valence-corrected chi connectivity index (χ1v) is 7.62. The number of hydrogen-bond acceptors (Lipinski definition) is 3. The van der Waals surface area contributed by atoms with Crippen LogP contribution in [0.1, 0.15) is 0 Å². The van der Waals surface area contributed by atoms with Crippen molar-refractivity contribution in [2.75, 3.05) is 0 Å². The number of para-hydroxylation sites is 1. The number of rotatable bonds is 4. The van der Waals surface area contributed by atoms with Crippen molar-refractivity contribution < 1.29 is 4.74 Å². The van der Waals surface area contributed by atoms with E-state index in [4.69, 9.17) is 16.3 Å². The van der Waals surface area contributed by atoms with Crippen LogP contribution >= 0.6 is 23.4 Å². The minimum atomic E-state index is 0.358. The van der Waals surface area contributed by atoms with Crippen LogP contribution in [-0.2, 0) is 0 Å². The minimum absolute atomic E-state index is 0.358. The number of halogens is 1. The Hall–Kier alpha value is -1.97. The number of nitrogens with zero attached hydrogens (tertiary/aromatic N) is 1. The van der Waals surface area contributed by atoms with Gasteiger partial charge in [-0.05, 0) is 30.3 Å². The van der Waals surface area contributed by atoms with Gasteiger partial charge in [-0.25, -0.2) is 4.98 Å². The molecule has 0 spiro atoms. The predicted octanol–water partition coefficient (Wildman–Crippen LogP) is 5.68. The summed E-state index contributed by atoms with van der Waals surface area (Å²) >= 11 is 7.72. The maximum atomic E-state index is 6.10. The molecule has 1 heterocycles. The maximum Gasteiger partial charge on any atom is 0.171 e. The summed E-state index contributed by atoms with van der Waals surface area (Å²) < 4.78 is 5.78. The van der Waals surface area contributed by atoms with Crippen LogP contribution in [0.2, 0.25) is 5.15 Å². The summed E-state index contributed by atoms with van der Waals surface area (Å²) in [7, 11) is 0. The van der Waals surface area contributed by atoms with Crippen molar-refractivity contribution >= 4 is 23.4 Å². The molecule has 0 N–H and O–H groups in total. The highest BCUT2D eigenvalue weighted by Crippen LogP contribution is 2.34. The van der Waals surface area contributed by atoms with Crippen molar-refractivity contribution in [1.82, 2.24) is 4.98 Å². The fourth-order valence-corrected chi connectivity index (χ4v) is 2.76. The second-order valence-corrected chi connectivity index (χ2v) is 5.80. The molecule has 0 amide bonds. The zero-order chi connectivity index (χ0) is 14.5. The van der Waals surface area contributed by atoms with Crippen molar-refractivity contribution in [2.45, 2.75) is 9.79 Å². The molecule has 2 aromatic carbocycles. The second kappa shape index (κ2) is 6.66. The van der Waals surface area contributed by atoms with E-state index in [-0.39, 0.29) is 0 Å². The lowest BCUT2D eigenvalue weighted by Gasteiger charge is -2.08. The predicted molar refractivity (Wildman–Crippen MR) is 86.3 cm³/mol. The van der Waals surface area contributed by atoms with E-state index < -0.39 is 0 Å². The average molecular weight is 314 g/mol. The first kappa shape index (κ1) is 14.0. The SMILES string of the molecule is Clc1ncc(Sc2ccccc2)cc1Oc1ccccc1. The summed E-state index contributed by atoms with van der Waals surface area (Å²) in [6, 6.07) is 21.6. The van der Waals surface area contributed by atoms with E-state index in [2.05, 4.69) is 17.1 Å². The van der Waals surface area contributed by atoms with Crippen molar-refractivity contribution in [3.8, 4) is 11.5 Å². The lowest BCUT2D eigenvalue weighted by atomic mass is 10.3. The zero-order valence-corrected chi connectivity index (χ0v) is 12.6. The highest BCUT2D eigenvalue weighted by Gasteiger charge is 2.07. The fraction of sp³-hybridized carbons (Fsp3) is 0. The Morgan fingerprint density at radius 1 is 0.857 bits per heavy atom. The van der Waals surface area contributed by atoms with Gasteiger partial charge in [-0.2, -0.15) is 0 Å². The van der Waals surface area contributed by atoms with Gasteiger partial charge in [0.2, 0.25) is 0 Å². The number of hydrogen-bond donors (Lipinski definition) is 0. The Kier molecular flexibility index (Phi) is 4.43. The second-order valence-electron chi connectivity index (χ2n) is 4.29. The van der Waals surface area contributed by atoms with Crippen LogP contribution in [0.25, 0.3) is 0 Å². The van der Waals surface area contributed by atoms with Crippen LogP contribution in [-0.4, -0.2) is 4.98 Å². The van der Waals surface area contributed by atoms with Gasteiger partial charge in [0.25, 0.3) is 0 Å². The Morgan fingerprint density at radius 3 is 2.24 bits per heavy atom. The highest BCUT2D eigenvalue weighted by molar-refractivity contribution is 7.99. The van der Waals surface area contributed by atoms with E-state index in [9.17, 15) is 0 Å². The maximum absolute atomic E-state index is 6.10. The molecule has 1 aromatic heterocycles. The molecule has 0 bridgehead atoms. The normalized spacial score (nSPS) is 10.3. The molecule has 0 saturated heterocycles. The summed E-state index contributed by atoms with van der Waals surface area (Å²) in [4.78, 5) is 6.32. The highest BCUT2D eigenvalue weighted by atomic mass is 35.5. The molecule has 3 aromatic rings. The van der Waals surface area contributed by atoms with Gasteiger partial charge < -0.3 is 4.74 Å². The Morgan fingerprint density at radius 2 is 1.52 bits per heavy atom. The van der Waals surface area contributed by atoms with Gasteiger partial charge in [-0.3, -0.25) is 0 Å². The van der Waals surface area contributed by atoms with E-state index in [0.29, 0.717) is 10.9 Å². The molecule has 0 aliphatic heterocycles. The summed E-state index contributed by atoms with van der Waals surface area (Å²) in [5, 5.41) is 0.358. The van der Waals surface area contributed by atoms with Crippen LogP contribution < -0.4 is 4.74 Å². The summed E-state index contributed by atoms with van der Waals surface area (Å²) in [5.74, 6) is 1.30. The van der Waals surface area contributed by atoms with Gasteiger partial charge in [-0.15, -0.1) is 0 Å². The van der Waals surface area contributed by atoms with Crippen molar-refractivity contribution in [3.05, 3.63) is 78.1 Å². The summed E-state index contributed by atoms with van der Waals surface area (Å²) in [6.07, 6.45) is 1.75. The number of pyridine rings is 1.